The molecular formula is C14H14N2O2. The third kappa shape index (κ3) is 2.32. The van der Waals surface area contributed by atoms with E-state index in [0.29, 0.717) is 0 Å². The standard InChI is InChI=1S/C14H14N2O2/c1-8-3-9(2)5-10(4-8)11-6-12(13(15)17)14(18)16-7-11/h3-7H,1-2H3,(H2,15,17)(H,16,18). The number of H-pyrrole nitrogens is 1. The Bertz CT molecular complexity index is 651. The molecule has 18 heavy (non-hydrogen) atoms. The lowest BCUT2D eigenvalue weighted by Crippen LogP contribution is -2.23. The number of rotatable bonds is 2. The van der Waals surface area contributed by atoms with Crippen LogP contribution in [0, 0.1) is 13.8 Å². The number of primary amides is 1. The fourth-order valence-electron chi connectivity index (χ4n) is 1.97. The van der Waals surface area contributed by atoms with Gasteiger partial charge in [0.2, 0.25) is 0 Å². The summed E-state index contributed by atoms with van der Waals surface area (Å²) in [4.78, 5) is 25.1. The van der Waals surface area contributed by atoms with Gasteiger partial charge in [0.15, 0.2) is 0 Å². The molecule has 2 aromatic rings. The van der Waals surface area contributed by atoms with E-state index in [2.05, 4.69) is 11.1 Å². The molecule has 1 aromatic carbocycles. The van der Waals surface area contributed by atoms with E-state index in [1.54, 1.807) is 6.20 Å². The fourth-order valence-corrected chi connectivity index (χ4v) is 1.97. The van der Waals surface area contributed by atoms with Crippen LogP contribution in [0.4, 0.5) is 0 Å². The van der Waals surface area contributed by atoms with Gasteiger partial charge in [0.25, 0.3) is 11.5 Å². The number of nitrogens with two attached hydrogens (primary N) is 1. The number of carbonyl (C=O) groups is 1. The van der Waals surface area contributed by atoms with Crippen molar-refractivity contribution in [2.45, 2.75) is 13.8 Å². The van der Waals surface area contributed by atoms with Gasteiger partial charge >= 0.3 is 0 Å². The topological polar surface area (TPSA) is 75.9 Å². The lowest BCUT2D eigenvalue weighted by atomic mass is 10.0. The number of amides is 1. The first-order valence-corrected chi connectivity index (χ1v) is 5.58. The highest BCUT2D eigenvalue weighted by atomic mass is 16.2. The highest BCUT2D eigenvalue weighted by Crippen LogP contribution is 2.21. The molecule has 0 fully saturated rings. The number of nitrogens with one attached hydrogen (secondary N) is 1. The van der Waals surface area contributed by atoms with E-state index in [4.69, 9.17) is 5.73 Å². The minimum absolute atomic E-state index is 0.0216. The molecule has 0 saturated heterocycles. The van der Waals surface area contributed by atoms with Crippen LogP contribution in [0.25, 0.3) is 11.1 Å². The largest absolute Gasteiger partial charge is 0.365 e. The van der Waals surface area contributed by atoms with Crippen LogP contribution in [-0.2, 0) is 0 Å². The Morgan fingerprint density at radius 3 is 2.22 bits per heavy atom. The summed E-state index contributed by atoms with van der Waals surface area (Å²) in [5.74, 6) is -0.720. The van der Waals surface area contributed by atoms with Crippen molar-refractivity contribution in [3.8, 4) is 11.1 Å². The number of hydrogen-bond acceptors (Lipinski definition) is 2. The third-order valence-corrected chi connectivity index (χ3v) is 2.72. The molecule has 92 valence electrons. The van der Waals surface area contributed by atoms with Crippen molar-refractivity contribution < 1.29 is 4.79 Å². The SMILES string of the molecule is Cc1cc(C)cc(-c2c[nH]c(=O)c(C(N)=O)c2)c1. The number of aromatic amines is 1. The van der Waals surface area contributed by atoms with Gasteiger partial charge in [0.1, 0.15) is 5.56 Å². The summed E-state index contributed by atoms with van der Waals surface area (Å²) in [6, 6.07) is 7.57. The summed E-state index contributed by atoms with van der Waals surface area (Å²) < 4.78 is 0. The molecule has 0 radical (unpaired) electrons. The molecular weight excluding hydrogens is 228 g/mol. The normalized spacial score (nSPS) is 10.3. The van der Waals surface area contributed by atoms with Gasteiger partial charge < -0.3 is 10.7 Å². The molecule has 0 atom stereocenters. The van der Waals surface area contributed by atoms with Crippen LogP contribution >= 0.6 is 0 Å². The predicted molar refractivity (Wildman–Crippen MR) is 70.5 cm³/mol. The average molecular weight is 242 g/mol. The van der Waals surface area contributed by atoms with Crippen molar-refractivity contribution in [3.05, 3.63) is 57.5 Å². The van der Waals surface area contributed by atoms with Crippen LogP contribution in [0.3, 0.4) is 0 Å². The summed E-state index contributed by atoms with van der Waals surface area (Å²) in [5.41, 5.74) is 8.65. The van der Waals surface area contributed by atoms with E-state index >= 15 is 0 Å². The number of hydrogen-bond donors (Lipinski definition) is 2. The monoisotopic (exact) mass is 242 g/mol. The first-order chi connectivity index (χ1) is 8.47. The Hall–Kier alpha value is -2.36. The van der Waals surface area contributed by atoms with Crippen molar-refractivity contribution in [1.29, 1.82) is 0 Å². The molecule has 0 unspecified atom stereocenters. The molecule has 0 spiro atoms. The Morgan fingerprint density at radius 2 is 1.67 bits per heavy atom. The molecule has 2 rings (SSSR count). The smallest absolute Gasteiger partial charge is 0.260 e. The highest BCUT2D eigenvalue weighted by molar-refractivity contribution is 5.93. The van der Waals surface area contributed by atoms with Gasteiger partial charge in [-0.05, 0) is 31.0 Å². The van der Waals surface area contributed by atoms with Gasteiger partial charge in [-0.25, -0.2) is 0 Å². The predicted octanol–water partition coefficient (Wildman–Crippen LogP) is 1.76. The van der Waals surface area contributed by atoms with Gasteiger partial charge in [0.05, 0.1) is 0 Å². The number of pyridine rings is 1. The maximum Gasteiger partial charge on any atom is 0.260 e. The quantitative estimate of drug-likeness (QED) is 0.841. The second kappa shape index (κ2) is 4.49. The van der Waals surface area contributed by atoms with Crippen LogP contribution in [0.5, 0.6) is 0 Å². The minimum atomic E-state index is -0.720. The zero-order valence-electron chi connectivity index (χ0n) is 10.3. The number of benzene rings is 1. The zero-order valence-corrected chi connectivity index (χ0v) is 10.3. The molecule has 0 aliphatic heterocycles. The van der Waals surface area contributed by atoms with Crippen LogP contribution < -0.4 is 11.3 Å². The van der Waals surface area contributed by atoms with Crippen LogP contribution in [-0.4, -0.2) is 10.9 Å². The van der Waals surface area contributed by atoms with Crippen molar-refractivity contribution >= 4 is 5.91 Å². The molecule has 1 amide bonds. The van der Waals surface area contributed by atoms with Crippen molar-refractivity contribution in [1.82, 2.24) is 4.98 Å². The third-order valence-electron chi connectivity index (χ3n) is 2.72. The van der Waals surface area contributed by atoms with Crippen molar-refractivity contribution in [2.75, 3.05) is 0 Å². The zero-order chi connectivity index (χ0) is 13.3. The lowest BCUT2D eigenvalue weighted by molar-refractivity contribution is 0.0999. The molecule has 0 bridgehead atoms. The maximum absolute atomic E-state index is 11.4. The molecule has 4 heteroatoms. The van der Waals surface area contributed by atoms with E-state index in [0.717, 1.165) is 22.3 Å². The Labute approximate surface area is 104 Å². The van der Waals surface area contributed by atoms with Crippen molar-refractivity contribution in [2.24, 2.45) is 5.73 Å². The molecule has 0 aliphatic carbocycles. The van der Waals surface area contributed by atoms with E-state index in [1.807, 2.05) is 26.0 Å². The van der Waals surface area contributed by atoms with Crippen LogP contribution in [0.1, 0.15) is 21.5 Å². The van der Waals surface area contributed by atoms with Gasteiger partial charge in [-0.3, -0.25) is 9.59 Å². The number of aryl methyl sites for hydroxylation is 2. The molecule has 4 nitrogen and oxygen atoms in total. The minimum Gasteiger partial charge on any atom is -0.365 e. The first kappa shape index (κ1) is 12.1. The molecule has 1 heterocycles. The molecule has 3 N–H and O–H groups in total. The number of carbonyl (C=O) groups excluding carboxylic acids is 1. The van der Waals surface area contributed by atoms with Crippen LogP contribution in [0.15, 0.2) is 35.3 Å². The molecule has 0 aliphatic rings. The van der Waals surface area contributed by atoms with E-state index < -0.39 is 11.5 Å². The van der Waals surface area contributed by atoms with E-state index in [9.17, 15) is 9.59 Å². The lowest BCUT2D eigenvalue weighted by Gasteiger charge is -2.06. The second-order valence-electron chi connectivity index (χ2n) is 4.37. The van der Waals surface area contributed by atoms with Gasteiger partial charge in [-0.15, -0.1) is 0 Å². The summed E-state index contributed by atoms with van der Waals surface area (Å²) in [7, 11) is 0. The molecule has 0 saturated carbocycles. The summed E-state index contributed by atoms with van der Waals surface area (Å²) in [5, 5.41) is 0. The van der Waals surface area contributed by atoms with Gasteiger partial charge in [-0.1, -0.05) is 29.3 Å². The van der Waals surface area contributed by atoms with Crippen molar-refractivity contribution in [3.63, 3.8) is 0 Å². The summed E-state index contributed by atoms with van der Waals surface area (Å²) in [6.07, 6.45) is 1.59. The first-order valence-electron chi connectivity index (χ1n) is 5.58. The van der Waals surface area contributed by atoms with Gasteiger partial charge in [-0.2, -0.15) is 0 Å². The second-order valence-corrected chi connectivity index (χ2v) is 4.37. The highest BCUT2D eigenvalue weighted by Gasteiger charge is 2.08. The van der Waals surface area contributed by atoms with E-state index in [1.165, 1.54) is 6.07 Å². The Balaban J connectivity index is 2.61. The van der Waals surface area contributed by atoms with Gasteiger partial charge in [0, 0.05) is 6.20 Å². The van der Waals surface area contributed by atoms with Crippen LogP contribution in [0.2, 0.25) is 0 Å². The maximum atomic E-state index is 11.4. The molecule has 1 aromatic heterocycles. The Kier molecular flexibility index (Phi) is 3.02. The summed E-state index contributed by atoms with van der Waals surface area (Å²) >= 11 is 0. The average Bonchev–Trinajstić information content (AvgIpc) is 2.27. The van der Waals surface area contributed by atoms with E-state index in [-0.39, 0.29) is 5.56 Å². The fraction of sp³-hybridized carbons (Fsp3) is 0.143. The summed E-state index contributed by atoms with van der Waals surface area (Å²) in [6.45, 7) is 3.99. The number of aromatic nitrogens is 1. The Morgan fingerprint density at radius 1 is 1.06 bits per heavy atom.